The van der Waals surface area contributed by atoms with Gasteiger partial charge in [0.25, 0.3) is 0 Å². The highest BCUT2D eigenvalue weighted by Crippen LogP contribution is 2.46. The van der Waals surface area contributed by atoms with Crippen molar-refractivity contribution in [3.8, 4) is 5.75 Å². The second-order valence-electron chi connectivity index (χ2n) is 15.9. The Bertz CT molecular complexity index is 2270. The summed E-state index contributed by atoms with van der Waals surface area (Å²) in [5.74, 6) is -0.724. The molecule has 4 unspecified atom stereocenters. The van der Waals surface area contributed by atoms with Crippen molar-refractivity contribution in [3.63, 3.8) is 0 Å². The van der Waals surface area contributed by atoms with Crippen LogP contribution in [-0.2, 0) is 30.5 Å². The molecule has 0 aliphatic heterocycles. The molecule has 63 heavy (non-hydrogen) atoms. The molecule has 0 fully saturated rings. The van der Waals surface area contributed by atoms with Crippen LogP contribution >= 0.6 is 0 Å². The van der Waals surface area contributed by atoms with E-state index in [1.807, 2.05) is 12.1 Å². The molecule has 1 aliphatic rings. The van der Waals surface area contributed by atoms with Gasteiger partial charge in [-0.1, -0.05) is 145 Å². The zero-order chi connectivity index (χ0) is 45.7. The molecule has 7 rings (SSSR count). The SMILES string of the molecule is C.CC1c2cccc3cccc(c23)C1C.CCC(C)(C)C(=O)OC(CS(=O)(=O)[O-])C(F)(F)F.CCC(C)c1ccc(O)cc1.c1ccc([S+](c2ccccc2)c2ccccc2)cc1. The number of hydrogen-bond donors (Lipinski definition) is 1. The summed E-state index contributed by atoms with van der Waals surface area (Å²) in [4.78, 5) is 15.5. The van der Waals surface area contributed by atoms with E-state index in [1.54, 1.807) is 19.1 Å². The van der Waals surface area contributed by atoms with Crippen LogP contribution in [0.3, 0.4) is 0 Å². The Morgan fingerprint density at radius 2 is 1.13 bits per heavy atom. The second kappa shape index (κ2) is 23.5. The van der Waals surface area contributed by atoms with Crippen LogP contribution in [0.5, 0.6) is 5.75 Å². The predicted octanol–water partition coefficient (Wildman–Crippen LogP) is 13.8. The summed E-state index contributed by atoms with van der Waals surface area (Å²) in [6.45, 7) is 13.3. The smallest absolute Gasteiger partial charge is 0.426 e. The molecule has 0 aromatic heterocycles. The van der Waals surface area contributed by atoms with Gasteiger partial charge in [-0.15, -0.1) is 0 Å². The molecule has 0 amide bonds. The minimum Gasteiger partial charge on any atom is -0.748 e. The fourth-order valence-corrected chi connectivity index (χ4v) is 9.36. The van der Waals surface area contributed by atoms with Crippen LogP contribution in [0, 0.1) is 5.41 Å². The Balaban J connectivity index is 0.000000226. The lowest BCUT2D eigenvalue weighted by molar-refractivity contribution is -0.220. The summed E-state index contributed by atoms with van der Waals surface area (Å²) < 4.78 is 72.4. The van der Waals surface area contributed by atoms with Crippen molar-refractivity contribution >= 4 is 37.8 Å². The van der Waals surface area contributed by atoms with Crippen LogP contribution in [0.25, 0.3) is 10.8 Å². The first-order chi connectivity index (χ1) is 29.3. The lowest BCUT2D eigenvalue weighted by atomic mass is 9.90. The van der Waals surface area contributed by atoms with E-state index >= 15 is 0 Å². The molecule has 6 aromatic carbocycles. The Kier molecular flexibility index (Phi) is 19.5. The second-order valence-corrected chi connectivity index (χ2v) is 19.4. The number of halogens is 3. The van der Waals surface area contributed by atoms with E-state index in [4.69, 9.17) is 5.11 Å². The lowest BCUT2D eigenvalue weighted by Crippen LogP contribution is -2.42. The summed E-state index contributed by atoms with van der Waals surface area (Å²) in [5.41, 5.74) is 3.18. The molecule has 1 aliphatic carbocycles. The summed E-state index contributed by atoms with van der Waals surface area (Å²) >= 11 is 0. The zero-order valence-electron chi connectivity index (χ0n) is 36.3. The van der Waals surface area contributed by atoms with Gasteiger partial charge in [0, 0.05) is 0 Å². The van der Waals surface area contributed by atoms with Gasteiger partial charge in [0.05, 0.1) is 32.2 Å². The molecule has 4 atom stereocenters. The Morgan fingerprint density at radius 3 is 1.48 bits per heavy atom. The van der Waals surface area contributed by atoms with E-state index in [9.17, 15) is 30.9 Å². The van der Waals surface area contributed by atoms with Crippen molar-refractivity contribution in [2.45, 2.75) is 113 Å². The molecule has 0 spiro atoms. The van der Waals surface area contributed by atoms with Gasteiger partial charge in [-0.05, 0) is 120 Å². The topological polar surface area (TPSA) is 104 Å². The van der Waals surface area contributed by atoms with Crippen molar-refractivity contribution in [1.29, 1.82) is 0 Å². The van der Waals surface area contributed by atoms with Gasteiger partial charge in [0.2, 0.25) is 6.10 Å². The van der Waals surface area contributed by atoms with Crippen LogP contribution in [-0.4, -0.2) is 42.1 Å². The van der Waals surface area contributed by atoms with Gasteiger partial charge < -0.3 is 14.4 Å². The van der Waals surface area contributed by atoms with Crippen LogP contribution in [0.1, 0.15) is 103 Å². The highest BCUT2D eigenvalue weighted by molar-refractivity contribution is 7.97. The van der Waals surface area contributed by atoms with Gasteiger partial charge in [-0.2, -0.15) is 13.2 Å². The van der Waals surface area contributed by atoms with Crippen molar-refractivity contribution in [1.82, 2.24) is 0 Å². The van der Waals surface area contributed by atoms with Crippen molar-refractivity contribution in [2.75, 3.05) is 5.75 Å². The molecule has 6 nitrogen and oxygen atoms in total. The van der Waals surface area contributed by atoms with Gasteiger partial charge in [0.1, 0.15) is 5.75 Å². The number of rotatable bonds is 10. The minimum absolute atomic E-state index is 0. The van der Waals surface area contributed by atoms with Crippen molar-refractivity contribution < 1.29 is 40.8 Å². The summed E-state index contributed by atoms with van der Waals surface area (Å²) in [6.07, 6.45) is -6.68. The molecular formula is C52H61F3O6S2. The van der Waals surface area contributed by atoms with E-state index in [-0.39, 0.29) is 24.7 Å². The highest BCUT2D eigenvalue weighted by atomic mass is 32.2. The van der Waals surface area contributed by atoms with Gasteiger partial charge in [-0.25, -0.2) is 8.42 Å². The molecule has 6 aromatic rings. The summed E-state index contributed by atoms with van der Waals surface area (Å²) in [5, 5.41) is 11.9. The van der Waals surface area contributed by atoms with Crippen LogP contribution in [0.2, 0.25) is 0 Å². The average Bonchev–Trinajstić information content (AvgIpc) is 3.51. The molecule has 0 bridgehead atoms. The van der Waals surface area contributed by atoms with E-state index in [1.165, 1.54) is 56.0 Å². The standard InChI is InChI=1S/C18H15S.C14H14.C10H14O.C9H15F3O5S.CH4/c1-4-10-16(11-5-1)19(17-12-6-2-7-13-17)18-14-8-3-9-15-18;1-9-10(2)13-8-4-6-11-5-3-7-12(9)14(11)13;1-3-8(2)9-4-6-10(11)7-5-9;1-4-8(2,3)7(13)17-6(9(10,11)12)5-18(14,15)16;/h1-15H;3-10H,1-2H3;4-8,11H,3H2,1-2H3;6H,4-5H2,1-3H3,(H,14,15,16);1H4/q+1;;;;/p-1. The number of phenolic OH excluding ortho intramolecular Hbond substituents is 1. The molecule has 1 N–H and O–H groups in total. The number of benzene rings is 6. The number of phenols is 1. The maximum absolute atomic E-state index is 12.4. The van der Waals surface area contributed by atoms with Crippen LogP contribution in [0.4, 0.5) is 13.2 Å². The van der Waals surface area contributed by atoms with Gasteiger partial charge in [-0.3, -0.25) is 4.79 Å². The van der Waals surface area contributed by atoms with Crippen LogP contribution in [0.15, 0.2) is 166 Å². The zero-order valence-corrected chi connectivity index (χ0v) is 37.9. The Labute approximate surface area is 375 Å². The quantitative estimate of drug-likeness (QED) is 0.0834. The van der Waals surface area contributed by atoms with Gasteiger partial charge >= 0.3 is 12.1 Å². The average molecular weight is 903 g/mol. The number of hydrogen-bond acceptors (Lipinski definition) is 6. The maximum atomic E-state index is 12.4. The van der Waals surface area contributed by atoms with Crippen LogP contribution < -0.4 is 0 Å². The highest BCUT2D eigenvalue weighted by Gasteiger charge is 2.45. The first kappa shape index (κ1) is 52.2. The number of esters is 1. The third-order valence-corrected chi connectivity index (χ3v) is 14.1. The maximum Gasteiger partial charge on any atom is 0.426 e. The molecule has 0 radical (unpaired) electrons. The molecule has 338 valence electrons. The molecule has 0 heterocycles. The van der Waals surface area contributed by atoms with E-state index in [2.05, 4.69) is 160 Å². The van der Waals surface area contributed by atoms with Crippen molar-refractivity contribution in [2.24, 2.45) is 5.41 Å². The summed E-state index contributed by atoms with van der Waals surface area (Å²) in [7, 11) is -5.17. The summed E-state index contributed by atoms with van der Waals surface area (Å²) in [6, 6.07) is 52.9. The third-order valence-electron chi connectivity index (χ3n) is 11.1. The molecular weight excluding hydrogens is 842 g/mol. The van der Waals surface area contributed by atoms with E-state index < -0.39 is 39.5 Å². The lowest BCUT2D eigenvalue weighted by Gasteiger charge is -2.27. The van der Waals surface area contributed by atoms with Crippen molar-refractivity contribution in [3.05, 3.63) is 168 Å². The number of carbonyl (C=O) groups excluding carboxylic acids is 1. The minimum atomic E-state index is -5.15. The first-order valence-electron chi connectivity index (χ1n) is 20.7. The Hall–Kier alpha value is -5.10. The van der Waals surface area contributed by atoms with Gasteiger partial charge in [0.15, 0.2) is 14.7 Å². The monoisotopic (exact) mass is 902 g/mol. The van der Waals surface area contributed by atoms with E-state index in [0.717, 1.165) is 6.42 Å². The molecule has 11 heteroatoms. The Morgan fingerprint density at radius 1 is 0.714 bits per heavy atom. The predicted molar refractivity (Wildman–Crippen MR) is 250 cm³/mol. The number of aromatic hydroxyl groups is 1. The first-order valence-corrected chi connectivity index (χ1v) is 23.5. The van der Waals surface area contributed by atoms with E-state index in [0.29, 0.717) is 23.5 Å². The molecule has 0 saturated carbocycles. The number of carbonyl (C=O) groups is 1. The molecule has 0 saturated heterocycles. The number of ether oxygens (including phenoxy) is 1. The fourth-order valence-electron chi connectivity index (χ4n) is 6.63. The third kappa shape index (κ3) is 15.0. The normalized spacial score (nSPS) is 15.2. The fraction of sp³-hybridized carbons (Fsp3) is 0.327. The number of alkyl halides is 3. The largest absolute Gasteiger partial charge is 0.748 e.